The number of hydrogen-bond donors (Lipinski definition) is 2. The topological polar surface area (TPSA) is 99.8 Å². The number of ketones is 1. The summed E-state index contributed by atoms with van der Waals surface area (Å²) in [5.74, 6) is -1.57. The van der Waals surface area contributed by atoms with Crippen LogP contribution in [0.3, 0.4) is 0 Å². The van der Waals surface area contributed by atoms with Gasteiger partial charge in [0.2, 0.25) is 0 Å². The summed E-state index contributed by atoms with van der Waals surface area (Å²) in [6.07, 6.45) is 5.90. The molecular formula is C22H24N4O3. The van der Waals surface area contributed by atoms with E-state index in [1.165, 1.54) is 12.2 Å². The number of aliphatic hydroxyl groups excluding tert-OH is 1. The van der Waals surface area contributed by atoms with Crippen molar-refractivity contribution in [2.24, 2.45) is 5.73 Å². The number of aromatic nitrogens is 1. The first kappa shape index (κ1) is 20.3. The van der Waals surface area contributed by atoms with E-state index < -0.39 is 11.7 Å². The molecule has 0 unspecified atom stereocenters. The highest BCUT2D eigenvalue weighted by Gasteiger charge is 2.14. The fourth-order valence-electron chi connectivity index (χ4n) is 2.98. The molecule has 0 saturated carbocycles. The zero-order valence-corrected chi connectivity index (χ0v) is 16.3. The first-order valence-corrected chi connectivity index (χ1v) is 9.35. The van der Waals surface area contributed by atoms with Gasteiger partial charge >= 0.3 is 0 Å². The summed E-state index contributed by atoms with van der Waals surface area (Å²) in [5, 5.41) is 9.35. The standard InChI is InChI=1S/C22H24N4O3/c1-25-10-12-26(13-11-25)19-7-4-17(5-8-19)20(27)9-3-16-2-6-18(24-15-16)14-21(28)22(23)29/h2-9,14-15,28H,10-13H2,1H3,(H2,23,29)/b9-3+,21-14-. The van der Waals surface area contributed by atoms with Crippen LogP contribution < -0.4 is 10.6 Å². The van der Waals surface area contributed by atoms with Crippen LogP contribution in [0, 0.1) is 0 Å². The Hall–Kier alpha value is -3.45. The van der Waals surface area contributed by atoms with Crippen LogP contribution in [0.1, 0.15) is 21.6 Å². The van der Waals surface area contributed by atoms with Gasteiger partial charge in [0.05, 0.1) is 5.69 Å². The highest BCUT2D eigenvalue weighted by Crippen LogP contribution is 2.18. The lowest BCUT2D eigenvalue weighted by atomic mass is 10.1. The Kier molecular flexibility index (Phi) is 6.41. The molecule has 1 amide bonds. The Morgan fingerprint density at radius 1 is 1.07 bits per heavy atom. The van der Waals surface area contributed by atoms with E-state index in [0.29, 0.717) is 11.3 Å². The minimum absolute atomic E-state index is 0.0923. The molecule has 1 aromatic heterocycles. The number of primary amides is 1. The molecule has 29 heavy (non-hydrogen) atoms. The van der Waals surface area contributed by atoms with Crippen LogP contribution in [0.5, 0.6) is 0 Å². The zero-order chi connectivity index (χ0) is 20.8. The number of nitrogens with zero attached hydrogens (tertiary/aromatic N) is 3. The molecule has 1 fully saturated rings. The molecule has 7 nitrogen and oxygen atoms in total. The van der Waals surface area contributed by atoms with E-state index in [-0.39, 0.29) is 5.78 Å². The third-order valence-electron chi connectivity index (χ3n) is 4.79. The lowest BCUT2D eigenvalue weighted by Crippen LogP contribution is -2.44. The molecule has 1 saturated heterocycles. The number of piperazine rings is 1. The average molecular weight is 392 g/mol. The number of rotatable bonds is 6. The first-order chi connectivity index (χ1) is 13.9. The normalized spacial score (nSPS) is 15.6. The van der Waals surface area contributed by atoms with Gasteiger partial charge in [-0.1, -0.05) is 6.07 Å². The monoisotopic (exact) mass is 392 g/mol. The Bertz CT molecular complexity index is 926. The van der Waals surface area contributed by atoms with Crippen LogP contribution >= 0.6 is 0 Å². The Morgan fingerprint density at radius 2 is 1.76 bits per heavy atom. The van der Waals surface area contributed by atoms with Crippen LogP contribution in [-0.2, 0) is 4.79 Å². The van der Waals surface area contributed by atoms with Gasteiger partial charge in [-0.15, -0.1) is 0 Å². The largest absolute Gasteiger partial charge is 0.503 e. The van der Waals surface area contributed by atoms with Crippen molar-refractivity contribution in [3.63, 3.8) is 0 Å². The quantitative estimate of drug-likeness (QED) is 0.444. The van der Waals surface area contributed by atoms with E-state index in [1.54, 1.807) is 24.4 Å². The SMILES string of the molecule is CN1CCN(c2ccc(C(=O)/C=C/c3ccc(/C=C(\O)C(N)=O)nc3)cc2)CC1. The molecule has 0 bridgehead atoms. The van der Waals surface area contributed by atoms with Crippen LogP contribution in [-0.4, -0.2) is 59.9 Å². The maximum atomic E-state index is 12.4. The lowest BCUT2D eigenvalue weighted by molar-refractivity contribution is -0.116. The molecule has 1 aliphatic rings. The minimum atomic E-state index is -0.917. The summed E-state index contributed by atoms with van der Waals surface area (Å²) in [5.41, 5.74) is 7.84. The first-order valence-electron chi connectivity index (χ1n) is 9.35. The van der Waals surface area contributed by atoms with Gasteiger partial charge in [0.25, 0.3) is 5.91 Å². The van der Waals surface area contributed by atoms with Crippen LogP contribution in [0.4, 0.5) is 5.69 Å². The van der Waals surface area contributed by atoms with Gasteiger partial charge in [-0.3, -0.25) is 14.6 Å². The van der Waals surface area contributed by atoms with Crippen molar-refractivity contribution in [3.05, 3.63) is 71.3 Å². The number of aliphatic hydroxyl groups is 1. The van der Waals surface area contributed by atoms with E-state index in [2.05, 4.69) is 21.8 Å². The second kappa shape index (κ2) is 9.16. The second-order valence-corrected chi connectivity index (χ2v) is 6.95. The molecule has 3 rings (SSSR count). The van der Waals surface area contributed by atoms with Crippen molar-refractivity contribution in [3.8, 4) is 0 Å². The molecule has 3 N–H and O–H groups in total. The van der Waals surface area contributed by atoms with Crippen molar-refractivity contribution >= 4 is 29.5 Å². The molecule has 150 valence electrons. The average Bonchev–Trinajstić information content (AvgIpc) is 2.73. The molecule has 0 atom stereocenters. The second-order valence-electron chi connectivity index (χ2n) is 6.95. The molecule has 0 aliphatic carbocycles. The van der Waals surface area contributed by atoms with Gasteiger partial charge in [0, 0.05) is 49.7 Å². The molecule has 0 spiro atoms. The van der Waals surface area contributed by atoms with E-state index in [0.717, 1.165) is 37.4 Å². The molecule has 1 aliphatic heterocycles. The third kappa shape index (κ3) is 5.52. The maximum absolute atomic E-state index is 12.4. The predicted octanol–water partition coefficient (Wildman–Crippen LogP) is 2.11. The Labute approximate surface area is 169 Å². The van der Waals surface area contributed by atoms with Crippen LogP contribution in [0.15, 0.2) is 54.4 Å². The van der Waals surface area contributed by atoms with Gasteiger partial charge in [-0.25, -0.2) is 0 Å². The van der Waals surface area contributed by atoms with Gasteiger partial charge in [0.15, 0.2) is 11.5 Å². The summed E-state index contributed by atoms with van der Waals surface area (Å²) < 4.78 is 0. The van der Waals surface area contributed by atoms with Crippen molar-refractivity contribution in [1.29, 1.82) is 0 Å². The number of amides is 1. The minimum Gasteiger partial charge on any atom is -0.503 e. The molecule has 2 heterocycles. The van der Waals surface area contributed by atoms with Gasteiger partial charge in [-0.05, 0) is 55.1 Å². The number of anilines is 1. The van der Waals surface area contributed by atoms with Gasteiger partial charge < -0.3 is 20.6 Å². The Morgan fingerprint density at radius 3 is 2.34 bits per heavy atom. The zero-order valence-electron chi connectivity index (χ0n) is 16.3. The number of pyridine rings is 1. The summed E-state index contributed by atoms with van der Waals surface area (Å²) in [4.78, 5) is 32.0. The smallest absolute Gasteiger partial charge is 0.283 e. The van der Waals surface area contributed by atoms with E-state index >= 15 is 0 Å². The highest BCUT2D eigenvalue weighted by molar-refractivity contribution is 6.07. The molecule has 2 aromatic rings. The lowest BCUT2D eigenvalue weighted by Gasteiger charge is -2.34. The van der Waals surface area contributed by atoms with Crippen molar-refractivity contribution in [2.45, 2.75) is 0 Å². The third-order valence-corrected chi connectivity index (χ3v) is 4.79. The van der Waals surface area contributed by atoms with E-state index in [4.69, 9.17) is 5.73 Å². The maximum Gasteiger partial charge on any atom is 0.283 e. The van der Waals surface area contributed by atoms with Crippen molar-refractivity contribution in [2.75, 3.05) is 38.1 Å². The number of benzene rings is 1. The predicted molar refractivity (Wildman–Crippen MR) is 114 cm³/mol. The number of nitrogens with two attached hydrogens (primary N) is 1. The van der Waals surface area contributed by atoms with Crippen LogP contribution in [0.2, 0.25) is 0 Å². The number of carbonyl (C=O) groups excluding carboxylic acids is 2. The van der Waals surface area contributed by atoms with Gasteiger partial charge in [-0.2, -0.15) is 0 Å². The summed E-state index contributed by atoms with van der Waals surface area (Å²) in [7, 11) is 2.12. The van der Waals surface area contributed by atoms with E-state index in [1.807, 2.05) is 24.3 Å². The summed E-state index contributed by atoms with van der Waals surface area (Å²) in [6, 6.07) is 11.0. The number of allylic oxidation sites excluding steroid dienone is 1. The van der Waals surface area contributed by atoms with Crippen molar-refractivity contribution < 1.29 is 14.7 Å². The molecular weight excluding hydrogens is 368 g/mol. The van der Waals surface area contributed by atoms with Gasteiger partial charge in [0.1, 0.15) is 0 Å². The fourth-order valence-corrected chi connectivity index (χ4v) is 2.98. The van der Waals surface area contributed by atoms with Crippen LogP contribution in [0.25, 0.3) is 12.2 Å². The fraction of sp³-hybridized carbons (Fsp3) is 0.227. The summed E-state index contributed by atoms with van der Waals surface area (Å²) in [6.45, 7) is 4.04. The number of hydrogen-bond acceptors (Lipinski definition) is 6. The molecule has 1 aromatic carbocycles. The van der Waals surface area contributed by atoms with E-state index in [9.17, 15) is 14.7 Å². The number of likely N-dealkylation sites (N-methyl/N-ethyl adjacent to an activating group) is 1. The summed E-state index contributed by atoms with van der Waals surface area (Å²) >= 11 is 0. The molecule has 7 heteroatoms. The molecule has 0 radical (unpaired) electrons. The number of carbonyl (C=O) groups is 2. The Balaban J connectivity index is 1.61. The highest BCUT2D eigenvalue weighted by atomic mass is 16.3. The van der Waals surface area contributed by atoms with Crippen molar-refractivity contribution in [1.82, 2.24) is 9.88 Å².